The summed E-state index contributed by atoms with van der Waals surface area (Å²) in [5, 5.41) is 4.51. The predicted octanol–water partition coefficient (Wildman–Crippen LogP) is 2.47. The monoisotopic (exact) mass is 284 g/mol. The van der Waals surface area contributed by atoms with Gasteiger partial charge in [0.15, 0.2) is 0 Å². The van der Waals surface area contributed by atoms with E-state index in [1.807, 2.05) is 6.92 Å². The van der Waals surface area contributed by atoms with Crippen molar-refractivity contribution in [3.05, 3.63) is 35.6 Å². The standard InChI is InChI=1S/C13H17FN2O2S/c1-3-15-13(18)16-12(17)8-19-9(2)10-6-4-5-7-11(10)14/h4-7,9H,3,8H2,1-2H3,(H2,15,16,17,18). The fourth-order valence-electron chi connectivity index (χ4n) is 1.46. The van der Waals surface area contributed by atoms with E-state index in [1.54, 1.807) is 25.1 Å². The van der Waals surface area contributed by atoms with Crippen LogP contribution in [0.4, 0.5) is 9.18 Å². The van der Waals surface area contributed by atoms with Crippen LogP contribution in [0.25, 0.3) is 0 Å². The maximum Gasteiger partial charge on any atom is 0.321 e. The van der Waals surface area contributed by atoms with Gasteiger partial charge in [0.05, 0.1) is 5.75 Å². The lowest BCUT2D eigenvalue weighted by Gasteiger charge is -2.12. The highest BCUT2D eigenvalue weighted by molar-refractivity contribution is 8.00. The highest BCUT2D eigenvalue weighted by atomic mass is 32.2. The van der Waals surface area contributed by atoms with Crippen molar-refractivity contribution < 1.29 is 14.0 Å². The van der Waals surface area contributed by atoms with E-state index in [2.05, 4.69) is 10.6 Å². The summed E-state index contributed by atoms with van der Waals surface area (Å²) >= 11 is 1.28. The first-order valence-corrected chi connectivity index (χ1v) is 7.03. The Bertz CT molecular complexity index is 454. The summed E-state index contributed by atoms with van der Waals surface area (Å²) in [7, 11) is 0. The summed E-state index contributed by atoms with van der Waals surface area (Å²) < 4.78 is 13.5. The molecule has 19 heavy (non-hydrogen) atoms. The van der Waals surface area contributed by atoms with Crippen LogP contribution in [0.15, 0.2) is 24.3 Å². The molecule has 3 amide bonds. The van der Waals surface area contributed by atoms with E-state index in [9.17, 15) is 14.0 Å². The molecule has 0 saturated heterocycles. The Morgan fingerprint density at radius 1 is 1.37 bits per heavy atom. The Hall–Kier alpha value is -1.56. The van der Waals surface area contributed by atoms with Crippen molar-refractivity contribution >= 4 is 23.7 Å². The molecule has 0 spiro atoms. The van der Waals surface area contributed by atoms with Crippen LogP contribution in [0.2, 0.25) is 0 Å². The topological polar surface area (TPSA) is 58.2 Å². The summed E-state index contributed by atoms with van der Waals surface area (Å²) in [6.45, 7) is 4.04. The second kappa shape index (κ2) is 7.78. The number of benzene rings is 1. The van der Waals surface area contributed by atoms with Crippen molar-refractivity contribution in [1.29, 1.82) is 0 Å². The first kappa shape index (κ1) is 15.5. The van der Waals surface area contributed by atoms with E-state index in [4.69, 9.17) is 0 Å². The van der Waals surface area contributed by atoms with Gasteiger partial charge in [-0.3, -0.25) is 10.1 Å². The molecular formula is C13H17FN2O2S. The van der Waals surface area contributed by atoms with Crippen LogP contribution < -0.4 is 10.6 Å². The summed E-state index contributed by atoms with van der Waals surface area (Å²) in [5.41, 5.74) is 0.554. The fourth-order valence-corrected chi connectivity index (χ4v) is 2.31. The van der Waals surface area contributed by atoms with Crippen molar-refractivity contribution in [3.63, 3.8) is 0 Å². The second-order valence-electron chi connectivity index (χ2n) is 3.88. The maximum atomic E-state index is 13.5. The Kier molecular flexibility index (Phi) is 6.35. The molecule has 2 N–H and O–H groups in total. The lowest BCUT2D eigenvalue weighted by atomic mass is 10.1. The Labute approximate surface area is 116 Å². The molecule has 0 bridgehead atoms. The van der Waals surface area contributed by atoms with Gasteiger partial charge >= 0.3 is 6.03 Å². The molecule has 0 radical (unpaired) electrons. The number of urea groups is 1. The highest BCUT2D eigenvalue weighted by Crippen LogP contribution is 2.29. The predicted molar refractivity (Wildman–Crippen MR) is 74.5 cm³/mol. The first-order chi connectivity index (χ1) is 9.04. The number of amides is 3. The lowest BCUT2D eigenvalue weighted by molar-refractivity contribution is -0.117. The van der Waals surface area contributed by atoms with Gasteiger partial charge in [0.25, 0.3) is 0 Å². The first-order valence-electron chi connectivity index (χ1n) is 5.98. The van der Waals surface area contributed by atoms with Gasteiger partial charge in [0.1, 0.15) is 5.82 Å². The average Bonchev–Trinajstić information content (AvgIpc) is 2.36. The molecule has 6 heteroatoms. The van der Waals surface area contributed by atoms with Crippen molar-refractivity contribution in [2.45, 2.75) is 19.1 Å². The van der Waals surface area contributed by atoms with Gasteiger partial charge in [-0.25, -0.2) is 9.18 Å². The number of halogens is 1. The van der Waals surface area contributed by atoms with Crippen molar-refractivity contribution in [1.82, 2.24) is 10.6 Å². The van der Waals surface area contributed by atoms with Crippen LogP contribution in [0.3, 0.4) is 0 Å². The molecule has 1 unspecified atom stereocenters. The van der Waals surface area contributed by atoms with E-state index >= 15 is 0 Å². The van der Waals surface area contributed by atoms with E-state index in [0.29, 0.717) is 12.1 Å². The van der Waals surface area contributed by atoms with Gasteiger partial charge in [-0.1, -0.05) is 18.2 Å². The van der Waals surface area contributed by atoms with Crippen molar-refractivity contribution in [3.8, 4) is 0 Å². The van der Waals surface area contributed by atoms with Crippen LogP contribution in [0.5, 0.6) is 0 Å². The van der Waals surface area contributed by atoms with Gasteiger partial charge in [-0.05, 0) is 19.9 Å². The number of thioether (sulfide) groups is 1. The Balaban J connectivity index is 2.42. The number of carbonyl (C=O) groups is 2. The third-order valence-electron chi connectivity index (χ3n) is 2.40. The van der Waals surface area contributed by atoms with E-state index < -0.39 is 6.03 Å². The molecule has 1 rings (SSSR count). The van der Waals surface area contributed by atoms with Crippen LogP contribution >= 0.6 is 11.8 Å². The van der Waals surface area contributed by atoms with Crippen molar-refractivity contribution in [2.24, 2.45) is 0 Å². The Morgan fingerprint density at radius 3 is 2.68 bits per heavy atom. The summed E-state index contributed by atoms with van der Waals surface area (Å²) in [6.07, 6.45) is 0. The van der Waals surface area contributed by atoms with Gasteiger partial charge in [-0.2, -0.15) is 0 Å². The number of carbonyl (C=O) groups excluding carboxylic acids is 2. The normalized spacial score (nSPS) is 11.7. The molecule has 0 aromatic heterocycles. The van der Waals surface area contributed by atoms with Gasteiger partial charge in [-0.15, -0.1) is 11.8 Å². The molecule has 0 aliphatic rings. The minimum absolute atomic E-state index is 0.104. The summed E-state index contributed by atoms with van der Waals surface area (Å²) in [4.78, 5) is 22.6. The number of hydrogen-bond donors (Lipinski definition) is 2. The molecule has 0 aliphatic heterocycles. The quantitative estimate of drug-likeness (QED) is 0.873. The lowest BCUT2D eigenvalue weighted by Crippen LogP contribution is -2.40. The fraction of sp³-hybridized carbons (Fsp3) is 0.385. The zero-order valence-electron chi connectivity index (χ0n) is 10.9. The van der Waals surface area contributed by atoms with Crippen LogP contribution in [0, 0.1) is 5.82 Å². The third-order valence-corrected chi connectivity index (χ3v) is 3.58. The SMILES string of the molecule is CCNC(=O)NC(=O)CSC(C)c1ccccc1F. The third kappa shape index (κ3) is 5.30. The summed E-state index contributed by atoms with van der Waals surface area (Å²) in [5.74, 6) is -0.571. The zero-order valence-corrected chi connectivity index (χ0v) is 11.7. The summed E-state index contributed by atoms with van der Waals surface area (Å²) in [6, 6.07) is 5.95. The number of imide groups is 1. The molecule has 0 aliphatic carbocycles. The molecule has 0 heterocycles. The molecule has 0 saturated carbocycles. The largest absolute Gasteiger partial charge is 0.338 e. The molecule has 1 aromatic rings. The number of rotatable bonds is 5. The number of nitrogens with one attached hydrogen (secondary N) is 2. The highest BCUT2D eigenvalue weighted by Gasteiger charge is 2.13. The molecule has 1 atom stereocenters. The van der Waals surface area contributed by atoms with E-state index in [0.717, 1.165) is 0 Å². The second-order valence-corrected chi connectivity index (χ2v) is 5.21. The molecule has 4 nitrogen and oxygen atoms in total. The van der Waals surface area contributed by atoms with Crippen LogP contribution in [-0.4, -0.2) is 24.2 Å². The molecular weight excluding hydrogens is 267 g/mol. The zero-order chi connectivity index (χ0) is 14.3. The maximum absolute atomic E-state index is 13.5. The van der Waals surface area contributed by atoms with E-state index in [1.165, 1.54) is 17.8 Å². The molecule has 104 valence electrons. The van der Waals surface area contributed by atoms with Crippen molar-refractivity contribution in [2.75, 3.05) is 12.3 Å². The molecule has 0 fully saturated rings. The number of hydrogen-bond acceptors (Lipinski definition) is 3. The van der Waals surface area contributed by atoms with Gasteiger partial charge < -0.3 is 5.32 Å². The average molecular weight is 284 g/mol. The molecule has 1 aromatic carbocycles. The minimum Gasteiger partial charge on any atom is -0.338 e. The smallest absolute Gasteiger partial charge is 0.321 e. The van der Waals surface area contributed by atoms with Crippen LogP contribution in [0.1, 0.15) is 24.7 Å². The van der Waals surface area contributed by atoms with Gasteiger partial charge in [0, 0.05) is 17.4 Å². The van der Waals surface area contributed by atoms with Gasteiger partial charge in [0.2, 0.25) is 5.91 Å². The van der Waals surface area contributed by atoms with E-state index in [-0.39, 0.29) is 22.7 Å². The Morgan fingerprint density at radius 2 is 2.05 bits per heavy atom. The minimum atomic E-state index is -0.508. The van der Waals surface area contributed by atoms with Crippen LogP contribution in [-0.2, 0) is 4.79 Å².